The molecule has 0 saturated heterocycles. The van der Waals surface area contributed by atoms with Crippen molar-refractivity contribution in [3.05, 3.63) is 77.5 Å². The third-order valence-electron chi connectivity index (χ3n) is 4.16. The normalized spacial score (nSPS) is 10.4. The van der Waals surface area contributed by atoms with Gasteiger partial charge < -0.3 is 9.64 Å². The Hall–Kier alpha value is -3.41. The maximum atomic E-state index is 12.2. The van der Waals surface area contributed by atoms with Crippen molar-refractivity contribution in [2.75, 3.05) is 13.7 Å². The quantitative estimate of drug-likeness (QED) is 0.683. The van der Waals surface area contributed by atoms with Crippen LogP contribution >= 0.6 is 0 Å². The Bertz CT molecular complexity index is 917. The van der Waals surface area contributed by atoms with Crippen molar-refractivity contribution in [2.45, 2.75) is 13.5 Å². The summed E-state index contributed by atoms with van der Waals surface area (Å²) < 4.78 is 5.12. The number of ether oxygens (including phenoxy) is 1. The van der Waals surface area contributed by atoms with Gasteiger partial charge in [0.05, 0.1) is 5.69 Å². The van der Waals surface area contributed by atoms with Gasteiger partial charge in [-0.05, 0) is 18.6 Å². The Morgan fingerprint density at radius 1 is 1.07 bits per heavy atom. The van der Waals surface area contributed by atoms with Gasteiger partial charge in [0.15, 0.2) is 6.61 Å². The second-order valence-corrected chi connectivity index (χ2v) is 6.34. The molecule has 0 unspecified atom stereocenters. The zero-order valence-electron chi connectivity index (χ0n) is 15.3. The van der Waals surface area contributed by atoms with Gasteiger partial charge in [-0.25, -0.2) is 4.79 Å². The van der Waals surface area contributed by atoms with Gasteiger partial charge in [-0.3, -0.25) is 9.89 Å². The summed E-state index contributed by atoms with van der Waals surface area (Å²) in [6, 6.07) is 19.0. The maximum Gasteiger partial charge on any atom is 0.356 e. The number of aromatic nitrogens is 2. The molecule has 0 aliphatic heterocycles. The Labute approximate surface area is 157 Å². The van der Waals surface area contributed by atoms with Gasteiger partial charge in [-0.15, -0.1) is 0 Å². The van der Waals surface area contributed by atoms with Gasteiger partial charge in [0, 0.05) is 19.2 Å². The van der Waals surface area contributed by atoms with E-state index in [0.29, 0.717) is 12.2 Å². The van der Waals surface area contributed by atoms with Gasteiger partial charge in [-0.1, -0.05) is 60.2 Å². The number of esters is 1. The minimum Gasteiger partial charge on any atom is -0.451 e. The van der Waals surface area contributed by atoms with Crippen LogP contribution in [0.3, 0.4) is 0 Å². The molecule has 3 aromatic rings. The van der Waals surface area contributed by atoms with Gasteiger partial charge in [-0.2, -0.15) is 5.10 Å². The van der Waals surface area contributed by atoms with Gasteiger partial charge in [0.25, 0.3) is 5.91 Å². The van der Waals surface area contributed by atoms with Gasteiger partial charge in [0.2, 0.25) is 0 Å². The van der Waals surface area contributed by atoms with Crippen LogP contribution in [0.4, 0.5) is 0 Å². The number of benzene rings is 2. The minimum absolute atomic E-state index is 0.211. The SMILES string of the molecule is Cc1ccc(CN(C)C(=O)COC(=O)c2cc(-c3ccccc3)n[nH]2)cc1. The molecule has 0 aliphatic carbocycles. The lowest BCUT2D eigenvalue weighted by Gasteiger charge is -2.17. The Balaban J connectivity index is 1.53. The van der Waals surface area contributed by atoms with Crippen LogP contribution in [0, 0.1) is 6.92 Å². The first-order valence-corrected chi connectivity index (χ1v) is 8.60. The number of nitrogens with zero attached hydrogens (tertiary/aromatic N) is 2. The van der Waals surface area contributed by atoms with Crippen LogP contribution in [0.15, 0.2) is 60.7 Å². The van der Waals surface area contributed by atoms with E-state index in [-0.39, 0.29) is 18.2 Å². The molecule has 0 radical (unpaired) electrons. The highest BCUT2D eigenvalue weighted by atomic mass is 16.5. The fourth-order valence-corrected chi connectivity index (χ4v) is 2.55. The van der Waals surface area contributed by atoms with Gasteiger partial charge >= 0.3 is 5.97 Å². The summed E-state index contributed by atoms with van der Waals surface area (Å²) in [5, 5.41) is 6.76. The molecule has 0 saturated carbocycles. The monoisotopic (exact) mass is 363 g/mol. The molecule has 27 heavy (non-hydrogen) atoms. The number of carbonyl (C=O) groups excluding carboxylic acids is 2. The molecule has 1 N–H and O–H groups in total. The van der Waals surface area contributed by atoms with Crippen LogP contribution in [-0.2, 0) is 16.1 Å². The van der Waals surface area contributed by atoms with Crippen molar-refractivity contribution in [1.82, 2.24) is 15.1 Å². The molecule has 1 heterocycles. The van der Waals surface area contributed by atoms with E-state index in [0.717, 1.165) is 16.7 Å². The van der Waals surface area contributed by atoms with E-state index in [1.54, 1.807) is 13.1 Å². The van der Waals surface area contributed by atoms with Crippen LogP contribution < -0.4 is 0 Å². The van der Waals surface area contributed by atoms with Crippen molar-refractivity contribution < 1.29 is 14.3 Å². The first-order chi connectivity index (χ1) is 13.0. The van der Waals surface area contributed by atoms with E-state index in [2.05, 4.69) is 10.2 Å². The number of likely N-dealkylation sites (N-methyl/N-ethyl adjacent to an activating group) is 1. The molecular weight excluding hydrogens is 342 g/mol. The largest absolute Gasteiger partial charge is 0.451 e. The molecule has 1 aromatic heterocycles. The van der Waals surface area contributed by atoms with E-state index in [9.17, 15) is 9.59 Å². The topological polar surface area (TPSA) is 75.3 Å². The zero-order chi connectivity index (χ0) is 19.2. The maximum absolute atomic E-state index is 12.2. The Morgan fingerprint density at radius 3 is 2.48 bits per heavy atom. The molecule has 0 fully saturated rings. The van der Waals surface area contributed by atoms with Crippen LogP contribution in [0.2, 0.25) is 0 Å². The average Bonchev–Trinajstić information content (AvgIpc) is 3.18. The molecule has 0 atom stereocenters. The summed E-state index contributed by atoms with van der Waals surface area (Å²) >= 11 is 0. The van der Waals surface area contributed by atoms with Crippen molar-refractivity contribution in [3.63, 3.8) is 0 Å². The smallest absolute Gasteiger partial charge is 0.356 e. The molecular formula is C21H21N3O3. The minimum atomic E-state index is -0.609. The zero-order valence-corrected chi connectivity index (χ0v) is 15.3. The predicted molar refractivity (Wildman–Crippen MR) is 102 cm³/mol. The molecule has 6 nitrogen and oxygen atoms in total. The molecule has 0 spiro atoms. The van der Waals surface area contributed by atoms with Gasteiger partial charge in [0.1, 0.15) is 5.69 Å². The fraction of sp³-hybridized carbons (Fsp3) is 0.190. The van der Waals surface area contributed by atoms with E-state index < -0.39 is 5.97 Å². The van der Waals surface area contributed by atoms with Crippen molar-refractivity contribution in [1.29, 1.82) is 0 Å². The highest BCUT2D eigenvalue weighted by Gasteiger charge is 2.16. The van der Waals surface area contributed by atoms with Crippen molar-refractivity contribution in [2.24, 2.45) is 0 Å². The third kappa shape index (κ3) is 4.82. The summed E-state index contributed by atoms with van der Waals surface area (Å²) in [4.78, 5) is 25.9. The van der Waals surface area contributed by atoms with E-state index >= 15 is 0 Å². The first-order valence-electron chi connectivity index (χ1n) is 8.60. The molecule has 2 aromatic carbocycles. The number of carbonyl (C=O) groups is 2. The number of nitrogens with one attached hydrogen (secondary N) is 1. The lowest BCUT2D eigenvalue weighted by Crippen LogP contribution is -2.30. The summed E-state index contributed by atoms with van der Waals surface area (Å²) in [6.45, 7) is 2.15. The molecule has 0 bridgehead atoms. The molecule has 3 rings (SSSR count). The van der Waals surface area contributed by atoms with E-state index in [1.807, 2.05) is 61.5 Å². The standard InChI is InChI=1S/C21H21N3O3/c1-15-8-10-16(11-9-15)13-24(2)20(25)14-27-21(26)19-12-18(22-23-19)17-6-4-3-5-7-17/h3-12H,13-14H2,1-2H3,(H,22,23). The number of hydrogen-bond acceptors (Lipinski definition) is 4. The summed E-state index contributed by atoms with van der Waals surface area (Å²) in [7, 11) is 1.68. The number of rotatable bonds is 6. The van der Waals surface area contributed by atoms with Crippen molar-refractivity contribution in [3.8, 4) is 11.3 Å². The van der Waals surface area contributed by atoms with Crippen LogP contribution in [0.1, 0.15) is 21.6 Å². The molecule has 0 aliphatic rings. The number of aryl methyl sites for hydroxylation is 1. The predicted octanol–water partition coefficient (Wildman–Crippen LogP) is 3.20. The highest BCUT2D eigenvalue weighted by molar-refractivity contribution is 5.90. The molecule has 138 valence electrons. The van der Waals surface area contributed by atoms with Crippen LogP contribution in [0.25, 0.3) is 11.3 Å². The Kier molecular flexibility index (Phi) is 5.66. The second-order valence-electron chi connectivity index (χ2n) is 6.34. The molecule has 6 heteroatoms. The van der Waals surface area contributed by atoms with E-state index in [1.165, 1.54) is 4.90 Å². The summed E-state index contributed by atoms with van der Waals surface area (Å²) in [5.41, 5.74) is 3.93. The van der Waals surface area contributed by atoms with Crippen LogP contribution in [-0.4, -0.2) is 40.6 Å². The first kappa shape index (κ1) is 18.4. The summed E-state index contributed by atoms with van der Waals surface area (Å²) in [5.74, 6) is -0.881. The Morgan fingerprint density at radius 2 is 1.78 bits per heavy atom. The van der Waals surface area contributed by atoms with E-state index in [4.69, 9.17) is 4.74 Å². The van der Waals surface area contributed by atoms with Crippen LogP contribution in [0.5, 0.6) is 0 Å². The number of amides is 1. The lowest BCUT2D eigenvalue weighted by atomic mass is 10.1. The average molecular weight is 363 g/mol. The lowest BCUT2D eigenvalue weighted by molar-refractivity contribution is -0.133. The fourth-order valence-electron chi connectivity index (χ4n) is 2.55. The number of hydrogen-bond donors (Lipinski definition) is 1. The summed E-state index contributed by atoms with van der Waals surface area (Å²) in [6.07, 6.45) is 0. The second kappa shape index (κ2) is 8.31. The molecule has 1 amide bonds. The van der Waals surface area contributed by atoms with Crippen molar-refractivity contribution >= 4 is 11.9 Å². The third-order valence-corrected chi connectivity index (χ3v) is 4.16. The number of aromatic amines is 1. The highest BCUT2D eigenvalue weighted by Crippen LogP contribution is 2.17. The number of H-pyrrole nitrogens is 1.